The van der Waals surface area contributed by atoms with Gasteiger partial charge in [-0.3, -0.25) is 9.78 Å². The van der Waals surface area contributed by atoms with Crippen LogP contribution < -0.4 is 10.6 Å². The van der Waals surface area contributed by atoms with Gasteiger partial charge in [-0.05, 0) is 59.2 Å². The Hall–Kier alpha value is -3.68. The third-order valence-corrected chi connectivity index (χ3v) is 4.77. The van der Waals surface area contributed by atoms with E-state index in [1.807, 2.05) is 0 Å². The van der Waals surface area contributed by atoms with Crippen molar-refractivity contribution in [3.8, 4) is 11.1 Å². The number of aliphatic imine (C=N–C) groups is 1. The molecular weight excluding hydrogens is 393 g/mol. The number of nitrogens with one attached hydrogen (secondary N) is 2. The lowest BCUT2D eigenvalue weighted by Crippen LogP contribution is -2.18. The fourth-order valence-electron chi connectivity index (χ4n) is 3.37. The Morgan fingerprint density at radius 1 is 1.07 bits per heavy atom. The Bertz CT molecular complexity index is 1140. The van der Waals surface area contributed by atoms with Crippen LogP contribution in [-0.4, -0.2) is 23.8 Å². The number of hydrogen-bond donors (Lipinski definition) is 2. The van der Waals surface area contributed by atoms with Crippen LogP contribution in [0.1, 0.15) is 21.5 Å². The number of nitrogens with zero attached hydrogens (tertiary/aromatic N) is 2. The third-order valence-electron chi connectivity index (χ3n) is 4.77. The zero-order chi connectivity index (χ0) is 21.3. The summed E-state index contributed by atoms with van der Waals surface area (Å²) in [5.74, 6) is 0.283. The number of amidine groups is 1. The molecule has 1 aliphatic heterocycles. The Labute approximate surface area is 170 Å². The van der Waals surface area contributed by atoms with E-state index in [9.17, 15) is 18.0 Å². The van der Waals surface area contributed by atoms with Gasteiger partial charge in [0.05, 0.1) is 11.3 Å². The molecule has 0 atom stereocenters. The average Bonchev–Trinajstić information content (AvgIpc) is 3.13. The zero-order valence-corrected chi connectivity index (χ0v) is 15.9. The number of amides is 1. The molecule has 8 heteroatoms. The summed E-state index contributed by atoms with van der Waals surface area (Å²) in [6.45, 7) is 0. The van der Waals surface area contributed by atoms with Crippen molar-refractivity contribution in [1.29, 1.82) is 0 Å². The van der Waals surface area contributed by atoms with Crippen molar-refractivity contribution < 1.29 is 18.0 Å². The SMILES string of the molecule is CNC(=O)c1cccc(NC2=Nc3cc(-c4ccncc4)c(C(F)(F)F)cc3C2)c1. The highest BCUT2D eigenvalue weighted by atomic mass is 19.4. The first-order valence-corrected chi connectivity index (χ1v) is 9.16. The van der Waals surface area contributed by atoms with Crippen LogP contribution in [0.2, 0.25) is 0 Å². The minimum atomic E-state index is -4.49. The number of carbonyl (C=O) groups is 1. The fraction of sp³-hybridized carbons (Fsp3) is 0.136. The largest absolute Gasteiger partial charge is 0.417 e. The van der Waals surface area contributed by atoms with Gasteiger partial charge in [0.25, 0.3) is 5.91 Å². The molecule has 0 saturated heterocycles. The van der Waals surface area contributed by atoms with E-state index in [0.717, 1.165) is 6.07 Å². The molecule has 2 aromatic carbocycles. The van der Waals surface area contributed by atoms with Crippen molar-refractivity contribution >= 4 is 23.1 Å². The van der Waals surface area contributed by atoms with E-state index in [4.69, 9.17) is 0 Å². The Balaban J connectivity index is 1.67. The van der Waals surface area contributed by atoms with Crippen molar-refractivity contribution in [3.05, 3.63) is 77.6 Å². The van der Waals surface area contributed by atoms with E-state index in [0.29, 0.717) is 33.9 Å². The van der Waals surface area contributed by atoms with Crippen molar-refractivity contribution in [3.63, 3.8) is 0 Å². The number of carbonyl (C=O) groups excluding carboxylic acids is 1. The maximum atomic E-state index is 13.7. The van der Waals surface area contributed by atoms with E-state index < -0.39 is 11.7 Å². The number of pyridine rings is 1. The van der Waals surface area contributed by atoms with Crippen molar-refractivity contribution in [1.82, 2.24) is 10.3 Å². The Kier molecular flexibility index (Phi) is 4.99. The molecule has 5 nitrogen and oxygen atoms in total. The number of fused-ring (bicyclic) bond motifs is 1. The molecule has 1 aliphatic rings. The van der Waals surface area contributed by atoms with Crippen LogP contribution in [-0.2, 0) is 12.6 Å². The lowest BCUT2D eigenvalue weighted by Gasteiger charge is -2.14. The minimum absolute atomic E-state index is 0.0651. The first kappa shape index (κ1) is 19.6. The summed E-state index contributed by atoms with van der Waals surface area (Å²) in [5.41, 5.74) is 1.87. The maximum Gasteiger partial charge on any atom is 0.417 e. The Morgan fingerprint density at radius 2 is 1.83 bits per heavy atom. The molecule has 1 amide bonds. The van der Waals surface area contributed by atoms with E-state index in [1.165, 1.54) is 18.5 Å². The van der Waals surface area contributed by atoms with Crippen LogP contribution in [0.25, 0.3) is 11.1 Å². The van der Waals surface area contributed by atoms with Crippen LogP contribution in [0.4, 0.5) is 24.5 Å². The highest BCUT2D eigenvalue weighted by Crippen LogP contribution is 2.42. The number of rotatable bonds is 3. The third kappa shape index (κ3) is 3.89. The fourth-order valence-corrected chi connectivity index (χ4v) is 3.37. The summed E-state index contributed by atoms with van der Waals surface area (Å²) in [4.78, 5) is 20.2. The molecule has 30 heavy (non-hydrogen) atoms. The van der Waals surface area contributed by atoms with E-state index in [2.05, 4.69) is 20.6 Å². The highest BCUT2D eigenvalue weighted by molar-refractivity contribution is 6.03. The normalized spacial score (nSPS) is 12.9. The number of alkyl halides is 3. The standard InChI is InChI=1S/C22H17F3N4O/c1-26-21(30)14-3-2-4-16(9-14)28-20-11-15-10-18(22(23,24)25)17(12-19(15)29-20)13-5-7-27-8-6-13/h2-10,12H,11H2,1H3,(H,26,30)(H,28,29). The molecular formula is C22H17F3N4O. The van der Waals surface area contributed by atoms with Crippen LogP contribution in [0.15, 0.2) is 65.9 Å². The minimum Gasteiger partial charge on any atom is -0.355 e. The second-order valence-corrected chi connectivity index (χ2v) is 6.78. The van der Waals surface area contributed by atoms with Gasteiger partial charge >= 0.3 is 6.18 Å². The number of benzene rings is 2. The van der Waals surface area contributed by atoms with E-state index >= 15 is 0 Å². The lowest BCUT2D eigenvalue weighted by atomic mass is 9.96. The van der Waals surface area contributed by atoms with Crippen molar-refractivity contribution in [2.45, 2.75) is 12.6 Å². The molecule has 1 aromatic heterocycles. The molecule has 0 bridgehead atoms. The van der Waals surface area contributed by atoms with E-state index in [-0.39, 0.29) is 17.9 Å². The van der Waals surface area contributed by atoms with Gasteiger partial charge in [-0.1, -0.05) is 6.07 Å². The molecule has 4 rings (SSSR count). The highest BCUT2D eigenvalue weighted by Gasteiger charge is 2.35. The van der Waals surface area contributed by atoms with Gasteiger partial charge in [0.1, 0.15) is 5.84 Å². The van der Waals surface area contributed by atoms with Gasteiger partial charge in [-0.15, -0.1) is 0 Å². The van der Waals surface area contributed by atoms with Gasteiger partial charge in [-0.2, -0.15) is 13.2 Å². The number of aromatic nitrogens is 1. The van der Waals surface area contributed by atoms with Crippen LogP contribution in [0, 0.1) is 0 Å². The van der Waals surface area contributed by atoms with E-state index in [1.54, 1.807) is 43.4 Å². The van der Waals surface area contributed by atoms with Crippen LogP contribution >= 0.6 is 0 Å². The molecule has 0 saturated carbocycles. The monoisotopic (exact) mass is 410 g/mol. The molecule has 0 unspecified atom stereocenters. The lowest BCUT2D eigenvalue weighted by molar-refractivity contribution is -0.137. The summed E-state index contributed by atoms with van der Waals surface area (Å²) >= 11 is 0. The molecule has 2 heterocycles. The Morgan fingerprint density at radius 3 is 2.53 bits per heavy atom. The van der Waals surface area contributed by atoms with Crippen molar-refractivity contribution in [2.75, 3.05) is 12.4 Å². The molecule has 2 N–H and O–H groups in total. The molecule has 3 aromatic rings. The predicted molar refractivity (Wildman–Crippen MR) is 109 cm³/mol. The molecule has 0 aliphatic carbocycles. The first-order valence-electron chi connectivity index (χ1n) is 9.16. The summed E-state index contributed by atoms with van der Waals surface area (Å²) in [7, 11) is 1.54. The first-order chi connectivity index (χ1) is 14.3. The number of halogens is 3. The zero-order valence-electron chi connectivity index (χ0n) is 15.9. The summed E-state index contributed by atoms with van der Waals surface area (Å²) in [6, 6.07) is 12.5. The maximum absolute atomic E-state index is 13.7. The number of anilines is 1. The summed E-state index contributed by atoms with van der Waals surface area (Å²) < 4.78 is 41.1. The van der Waals surface area contributed by atoms with Gasteiger partial charge in [0.15, 0.2) is 0 Å². The quantitative estimate of drug-likeness (QED) is 0.650. The average molecular weight is 410 g/mol. The second kappa shape index (κ2) is 7.62. The van der Waals surface area contributed by atoms with Gasteiger partial charge in [-0.25, -0.2) is 4.99 Å². The van der Waals surface area contributed by atoms with Gasteiger partial charge in [0.2, 0.25) is 0 Å². The predicted octanol–water partition coefficient (Wildman–Crippen LogP) is 4.83. The molecule has 0 fully saturated rings. The molecule has 0 radical (unpaired) electrons. The second-order valence-electron chi connectivity index (χ2n) is 6.78. The van der Waals surface area contributed by atoms with Crippen LogP contribution in [0.3, 0.4) is 0 Å². The van der Waals surface area contributed by atoms with Gasteiger partial charge < -0.3 is 10.6 Å². The molecule has 0 spiro atoms. The topological polar surface area (TPSA) is 66.4 Å². The summed E-state index contributed by atoms with van der Waals surface area (Å²) in [5, 5.41) is 5.65. The van der Waals surface area contributed by atoms with Gasteiger partial charge in [0, 0.05) is 37.1 Å². The van der Waals surface area contributed by atoms with Crippen LogP contribution in [0.5, 0.6) is 0 Å². The smallest absolute Gasteiger partial charge is 0.355 e. The van der Waals surface area contributed by atoms with Crippen molar-refractivity contribution in [2.24, 2.45) is 4.99 Å². The summed E-state index contributed by atoms with van der Waals surface area (Å²) in [6.07, 6.45) is -1.35. The molecule has 152 valence electrons. The number of hydrogen-bond acceptors (Lipinski definition) is 4.